The first kappa shape index (κ1) is 12.1. The number of thioether (sulfide) groups is 1. The summed E-state index contributed by atoms with van der Waals surface area (Å²) in [5.41, 5.74) is 7.24. The molecular weight excluding hydrogens is 254 g/mol. The van der Waals surface area contributed by atoms with Crippen LogP contribution in [0.5, 0.6) is 0 Å². The molecule has 2 rings (SSSR count). The van der Waals surface area contributed by atoms with Gasteiger partial charge in [0.05, 0.1) is 5.75 Å². The second-order valence-corrected chi connectivity index (χ2v) is 5.48. The van der Waals surface area contributed by atoms with Gasteiger partial charge in [0.15, 0.2) is 10.2 Å². The minimum atomic E-state index is -0.345. The number of nitrogens with zero attached hydrogens (tertiary/aromatic N) is 2. The lowest BCUT2D eigenvalue weighted by molar-refractivity contribution is -0.115. The monoisotopic (exact) mass is 265 g/mol. The summed E-state index contributed by atoms with van der Waals surface area (Å²) in [5, 5.41) is 0. The van der Waals surface area contributed by atoms with Crippen molar-refractivity contribution in [1.29, 1.82) is 0 Å². The third-order valence-electron chi connectivity index (χ3n) is 2.02. The van der Waals surface area contributed by atoms with E-state index in [1.165, 1.54) is 28.9 Å². The summed E-state index contributed by atoms with van der Waals surface area (Å²) < 4.78 is 5.03. The zero-order chi connectivity index (χ0) is 12.3. The Morgan fingerprint density at radius 2 is 2.35 bits per heavy atom. The number of rotatable bonds is 4. The topological polar surface area (TPSA) is 68.9 Å². The van der Waals surface area contributed by atoms with Crippen molar-refractivity contribution >= 4 is 29.2 Å². The maximum absolute atomic E-state index is 10.7. The number of primary amides is 1. The lowest BCUT2D eigenvalue weighted by Gasteiger charge is -1.96. The largest absolute Gasteiger partial charge is 0.369 e. The molecule has 2 aromatic rings. The summed E-state index contributed by atoms with van der Waals surface area (Å²) in [6.07, 6.45) is 0. The maximum atomic E-state index is 10.7. The van der Waals surface area contributed by atoms with E-state index in [0.29, 0.717) is 5.82 Å². The minimum absolute atomic E-state index is 0.239. The molecule has 0 atom stereocenters. The van der Waals surface area contributed by atoms with Crippen molar-refractivity contribution in [2.45, 2.75) is 11.3 Å². The first-order valence-electron chi connectivity index (χ1n) is 4.97. The third-order valence-corrected chi connectivity index (χ3v) is 3.88. The van der Waals surface area contributed by atoms with Crippen LogP contribution in [-0.4, -0.2) is 21.0 Å². The number of amides is 1. The van der Waals surface area contributed by atoms with Gasteiger partial charge in [-0.25, -0.2) is 4.98 Å². The molecule has 4 nitrogen and oxygen atoms in total. The smallest absolute Gasteiger partial charge is 0.227 e. The molecule has 0 fully saturated rings. The first-order valence-corrected chi connectivity index (χ1v) is 6.73. The Balaban J connectivity index is 2.15. The van der Waals surface area contributed by atoms with Crippen LogP contribution in [0, 0.1) is 6.92 Å². The van der Waals surface area contributed by atoms with Crippen LogP contribution in [0.15, 0.2) is 28.6 Å². The molecule has 0 saturated heterocycles. The van der Waals surface area contributed by atoms with E-state index in [-0.39, 0.29) is 11.7 Å². The highest BCUT2D eigenvalue weighted by Crippen LogP contribution is 2.25. The first-order chi connectivity index (χ1) is 8.15. The molecule has 0 bridgehead atoms. The van der Waals surface area contributed by atoms with E-state index in [2.05, 4.69) is 9.36 Å². The number of hydrogen-bond acceptors (Lipinski definition) is 5. The molecular formula is C11H11N3OS2. The van der Waals surface area contributed by atoms with Crippen molar-refractivity contribution < 1.29 is 4.79 Å². The Bertz CT molecular complexity index is 539. The van der Waals surface area contributed by atoms with Crippen LogP contribution in [0.25, 0.3) is 11.4 Å². The molecule has 0 aliphatic carbocycles. The van der Waals surface area contributed by atoms with Crippen molar-refractivity contribution in [3.8, 4) is 11.4 Å². The van der Waals surface area contributed by atoms with Gasteiger partial charge in [0.1, 0.15) is 0 Å². The molecule has 0 aliphatic rings. The number of carbonyl (C=O) groups excluding carboxylic acids is 1. The number of benzene rings is 1. The highest BCUT2D eigenvalue weighted by atomic mass is 32.2. The van der Waals surface area contributed by atoms with Gasteiger partial charge in [0, 0.05) is 5.56 Å². The summed E-state index contributed by atoms with van der Waals surface area (Å²) in [7, 11) is 0. The summed E-state index contributed by atoms with van der Waals surface area (Å²) in [6, 6.07) is 8.00. The van der Waals surface area contributed by atoms with Crippen LogP contribution < -0.4 is 5.73 Å². The van der Waals surface area contributed by atoms with Crippen LogP contribution in [0.3, 0.4) is 0 Å². The van der Waals surface area contributed by atoms with Crippen molar-refractivity contribution in [3.05, 3.63) is 29.8 Å². The number of nitrogens with two attached hydrogens (primary N) is 1. The Kier molecular flexibility index (Phi) is 3.75. The fourth-order valence-corrected chi connectivity index (χ4v) is 2.66. The van der Waals surface area contributed by atoms with Gasteiger partial charge < -0.3 is 5.73 Å². The van der Waals surface area contributed by atoms with Crippen molar-refractivity contribution in [3.63, 3.8) is 0 Å². The van der Waals surface area contributed by atoms with E-state index in [1.54, 1.807) is 0 Å². The molecule has 0 spiro atoms. The summed E-state index contributed by atoms with van der Waals surface area (Å²) in [4.78, 5) is 15.0. The molecule has 0 radical (unpaired) electrons. The fourth-order valence-electron chi connectivity index (χ4n) is 1.30. The summed E-state index contributed by atoms with van der Waals surface area (Å²) in [5.74, 6) is 0.593. The Morgan fingerprint density at radius 3 is 3.06 bits per heavy atom. The van der Waals surface area contributed by atoms with Crippen molar-refractivity contribution in [1.82, 2.24) is 9.36 Å². The van der Waals surface area contributed by atoms with E-state index in [4.69, 9.17) is 5.73 Å². The standard InChI is InChI=1S/C11H11N3OS2/c1-7-3-2-4-8(5-7)10-13-11(17-14-10)16-6-9(12)15/h2-5H,6H2,1H3,(H2,12,15). The lowest BCUT2D eigenvalue weighted by Crippen LogP contribution is -2.12. The molecule has 6 heteroatoms. The fraction of sp³-hybridized carbons (Fsp3) is 0.182. The predicted octanol–water partition coefficient (Wildman–Crippen LogP) is 2.09. The summed E-state index contributed by atoms with van der Waals surface area (Å²) >= 11 is 2.60. The molecule has 88 valence electrons. The lowest BCUT2D eigenvalue weighted by atomic mass is 10.1. The molecule has 1 aromatic carbocycles. The van der Waals surface area contributed by atoms with Crippen molar-refractivity contribution in [2.24, 2.45) is 5.73 Å². The maximum Gasteiger partial charge on any atom is 0.227 e. The highest BCUT2D eigenvalue weighted by molar-refractivity contribution is 8.01. The van der Waals surface area contributed by atoms with Gasteiger partial charge in [-0.15, -0.1) is 0 Å². The Hall–Kier alpha value is -1.40. The average Bonchev–Trinajstić information content (AvgIpc) is 2.75. The van der Waals surface area contributed by atoms with E-state index in [0.717, 1.165) is 9.90 Å². The Morgan fingerprint density at radius 1 is 1.53 bits per heavy atom. The van der Waals surface area contributed by atoms with E-state index >= 15 is 0 Å². The summed E-state index contributed by atoms with van der Waals surface area (Å²) in [6.45, 7) is 2.03. The van der Waals surface area contributed by atoms with Crippen LogP contribution in [0.1, 0.15) is 5.56 Å². The van der Waals surface area contributed by atoms with Gasteiger partial charge in [-0.05, 0) is 24.5 Å². The normalized spacial score (nSPS) is 10.4. The van der Waals surface area contributed by atoms with Gasteiger partial charge in [-0.1, -0.05) is 35.5 Å². The molecule has 0 saturated carbocycles. The quantitative estimate of drug-likeness (QED) is 0.859. The number of hydrogen-bond donors (Lipinski definition) is 1. The molecule has 1 aromatic heterocycles. The molecule has 2 N–H and O–H groups in total. The van der Waals surface area contributed by atoms with Gasteiger partial charge in [0.25, 0.3) is 0 Å². The third kappa shape index (κ3) is 3.28. The van der Waals surface area contributed by atoms with Gasteiger partial charge in [-0.2, -0.15) is 4.37 Å². The van der Waals surface area contributed by atoms with Crippen molar-refractivity contribution in [2.75, 3.05) is 5.75 Å². The predicted molar refractivity (Wildman–Crippen MR) is 70.0 cm³/mol. The molecule has 17 heavy (non-hydrogen) atoms. The van der Waals surface area contributed by atoms with Gasteiger partial charge in [-0.3, -0.25) is 4.79 Å². The van der Waals surface area contributed by atoms with Crippen LogP contribution >= 0.6 is 23.3 Å². The van der Waals surface area contributed by atoms with E-state index in [1.807, 2.05) is 31.2 Å². The van der Waals surface area contributed by atoms with Gasteiger partial charge in [0.2, 0.25) is 5.91 Å². The molecule has 0 unspecified atom stereocenters. The zero-order valence-corrected chi connectivity index (χ0v) is 10.8. The number of aromatic nitrogens is 2. The highest BCUT2D eigenvalue weighted by Gasteiger charge is 2.08. The molecule has 1 heterocycles. The SMILES string of the molecule is Cc1cccc(-c2nsc(SCC(N)=O)n2)c1. The minimum Gasteiger partial charge on any atom is -0.369 e. The van der Waals surface area contributed by atoms with E-state index < -0.39 is 0 Å². The van der Waals surface area contributed by atoms with Gasteiger partial charge >= 0.3 is 0 Å². The second kappa shape index (κ2) is 5.29. The molecule has 0 aliphatic heterocycles. The van der Waals surface area contributed by atoms with Crippen LogP contribution in [-0.2, 0) is 4.79 Å². The Labute approximate surface area is 107 Å². The zero-order valence-electron chi connectivity index (χ0n) is 9.21. The number of carbonyl (C=O) groups is 1. The van der Waals surface area contributed by atoms with Crippen LogP contribution in [0.2, 0.25) is 0 Å². The average molecular weight is 265 g/mol. The van der Waals surface area contributed by atoms with Crippen LogP contribution in [0.4, 0.5) is 0 Å². The second-order valence-electron chi connectivity index (χ2n) is 3.51. The molecule has 1 amide bonds. The van der Waals surface area contributed by atoms with E-state index in [9.17, 15) is 4.79 Å². The number of aryl methyl sites for hydroxylation is 1.